The summed E-state index contributed by atoms with van der Waals surface area (Å²) in [6.45, 7) is 2.09. The quantitative estimate of drug-likeness (QED) is 0.719. The summed E-state index contributed by atoms with van der Waals surface area (Å²) in [7, 11) is 0. The number of amides is 3. The molecule has 0 fully saturated rings. The molecule has 1 aromatic rings. The molecule has 0 heterocycles. The van der Waals surface area contributed by atoms with Gasteiger partial charge in [0.15, 0.2) is 0 Å². The molecule has 0 radical (unpaired) electrons. The number of aryl methyl sites for hydroxylation is 1. The molecule has 0 unspecified atom stereocenters. The van der Waals surface area contributed by atoms with Crippen molar-refractivity contribution in [3.8, 4) is 0 Å². The van der Waals surface area contributed by atoms with Crippen molar-refractivity contribution in [1.29, 1.82) is 0 Å². The Hall–Kier alpha value is -2.37. The number of carboxylic acid groups (broad SMARTS) is 1. The number of rotatable bonds is 7. The number of anilines is 1. The van der Waals surface area contributed by atoms with Gasteiger partial charge in [-0.1, -0.05) is 25.5 Å². The van der Waals surface area contributed by atoms with Crippen LogP contribution in [0.4, 0.5) is 10.5 Å². The molecule has 21 heavy (non-hydrogen) atoms. The summed E-state index contributed by atoms with van der Waals surface area (Å²) in [6, 6.07) is 6.79. The Balaban J connectivity index is 2.35. The minimum Gasteiger partial charge on any atom is -0.481 e. The van der Waals surface area contributed by atoms with E-state index in [2.05, 4.69) is 17.6 Å². The number of carboxylic acids is 1. The molecule has 1 rings (SSSR count). The van der Waals surface area contributed by atoms with E-state index in [9.17, 15) is 14.4 Å². The highest BCUT2D eigenvalue weighted by molar-refractivity contribution is 6.01. The molecule has 0 aliphatic rings. The van der Waals surface area contributed by atoms with Crippen LogP contribution in [0.25, 0.3) is 0 Å². The van der Waals surface area contributed by atoms with Gasteiger partial charge in [0.2, 0.25) is 5.91 Å². The highest BCUT2D eigenvalue weighted by Gasteiger charge is 2.08. The second-order valence-corrected chi connectivity index (χ2v) is 4.70. The zero-order chi connectivity index (χ0) is 15.7. The third-order valence-electron chi connectivity index (χ3n) is 2.80. The van der Waals surface area contributed by atoms with E-state index in [-0.39, 0.29) is 19.3 Å². The van der Waals surface area contributed by atoms with Crippen molar-refractivity contribution in [2.45, 2.75) is 39.0 Å². The second-order valence-electron chi connectivity index (χ2n) is 4.70. The molecular formula is C15H20N2O4. The van der Waals surface area contributed by atoms with Crippen molar-refractivity contribution in [2.75, 3.05) is 5.32 Å². The van der Waals surface area contributed by atoms with Crippen molar-refractivity contribution in [3.05, 3.63) is 29.8 Å². The van der Waals surface area contributed by atoms with Gasteiger partial charge < -0.3 is 10.4 Å². The maximum atomic E-state index is 11.6. The summed E-state index contributed by atoms with van der Waals surface area (Å²) < 4.78 is 0. The molecule has 0 atom stereocenters. The second kappa shape index (κ2) is 8.73. The van der Waals surface area contributed by atoms with E-state index >= 15 is 0 Å². The van der Waals surface area contributed by atoms with Gasteiger partial charge >= 0.3 is 12.0 Å². The van der Waals surface area contributed by atoms with E-state index in [1.807, 2.05) is 12.1 Å². The SMILES string of the molecule is CCCc1ccc(NC(=O)NC(=O)CCCC(=O)O)cc1. The Labute approximate surface area is 123 Å². The third-order valence-corrected chi connectivity index (χ3v) is 2.80. The first-order valence-corrected chi connectivity index (χ1v) is 6.93. The fourth-order valence-electron chi connectivity index (χ4n) is 1.80. The van der Waals surface area contributed by atoms with Crippen LogP contribution in [0.1, 0.15) is 38.2 Å². The molecule has 0 bridgehead atoms. The van der Waals surface area contributed by atoms with Gasteiger partial charge in [0.05, 0.1) is 0 Å². The number of urea groups is 1. The number of carbonyl (C=O) groups is 3. The van der Waals surface area contributed by atoms with Gasteiger partial charge in [-0.25, -0.2) is 4.79 Å². The largest absolute Gasteiger partial charge is 0.481 e. The van der Waals surface area contributed by atoms with Crippen LogP contribution in [0.15, 0.2) is 24.3 Å². The number of benzene rings is 1. The maximum Gasteiger partial charge on any atom is 0.325 e. The van der Waals surface area contributed by atoms with Gasteiger partial charge in [0, 0.05) is 18.5 Å². The molecule has 0 spiro atoms. The van der Waals surface area contributed by atoms with Crippen LogP contribution in [0.3, 0.4) is 0 Å². The van der Waals surface area contributed by atoms with Gasteiger partial charge in [-0.15, -0.1) is 0 Å². The summed E-state index contributed by atoms with van der Waals surface area (Å²) in [4.78, 5) is 33.3. The number of hydrogen-bond acceptors (Lipinski definition) is 3. The summed E-state index contributed by atoms with van der Waals surface area (Å²) in [5, 5.41) is 13.2. The molecule has 6 heteroatoms. The Bertz CT molecular complexity index is 497. The zero-order valence-electron chi connectivity index (χ0n) is 12.0. The Morgan fingerprint density at radius 1 is 1.10 bits per heavy atom. The Morgan fingerprint density at radius 2 is 1.76 bits per heavy atom. The summed E-state index contributed by atoms with van der Waals surface area (Å²) in [5.41, 5.74) is 1.79. The normalized spacial score (nSPS) is 9.95. The fraction of sp³-hybridized carbons (Fsp3) is 0.400. The van der Waals surface area contributed by atoms with Crippen molar-refractivity contribution >= 4 is 23.6 Å². The average Bonchev–Trinajstić information content (AvgIpc) is 2.40. The van der Waals surface area contributed by atoms with E-state index in [0.29, 0.717) is 5.69 Å². The van der Waals surface area contributed by atoms with Crippen LogP contribution in [0, 0.1) is 0 Å². The van der Waals surface area contributed by atoms with E-state index in [0.717, 1.165) is 12.8 Å². The van der Waals surface area contributed by atoms with E-state index < -0.39 is 17.9 Å². The first-order valence-electron chi connectivity index (χ1n) is 6.93. The van der Waals surface area contributed by atoms with Crippen molar-refractivity contribution in [3.63, 3.8) is 0 Å². The molecule has 0 saturated heterocycles. The van der Waals surface area contributed by atoms with E-state index in [1.54, 1.807) is 12.1 Å². The molecule has 0 aliphatic carbocycles. The van der Waals surface area contributed by atoms with Crippen LogP contribution in [-0.4, -0.2) is 23.0 Å². The molecular weight excluding hydrogens is 272 g/mol. The number of aliphatic carboxylic acids is 1. The van der Waals surface area contributed by atoms with Gasteiger partial charge in [0.1, 0.15) is 0 Å². The lowest BCUT2D eigenvalue weighted by Crippen LogP contribution is -2.34. The van der Waals surface area contributed by atoms with Crippen LogP contribution in [0.2, 0.25) is 0 Å². The number of nitrogens with one attached hydrogen (secondary N) is 2. The van der Waals surface area contributed by atoms with Crippen LogP contribution in [0.5, 0.6) is 0 Å². The minimum absolute atomic E-state index is 0.00909. The summed E-state index contributed by atoms with van der Waals surface area (Å²) in [5.74, 6) is -1.45. The van der Waals surface area contributed by atoms with Crippen LogP contribution < -0.4 is 10.6 Å². The molecule has 0 aromatic heterocycles. The standard InChI is InChI=1S/C15H20N2O4/c1-2-4-11-7-9-12(10-8-11)16-15(21)17-13(18)5-3-6-14(19)20/h7-10H,2-6H2,1H3,(H,19,20)(H2,16,17,18,21). The van der Waals surface area contributed by atoms with Crippen molar-refractivity contribution in [1.82, 2.24) is 5.32 Å². The van der Waals surface area contributed by atoms with Crippen molar-refractivity contribution in [2.24, 2.45) is 0 Å². The number of hydrogen-bond donors (Lipinski definition) is 3. The summed E-state index contributed by atoms with van der Waals surface area (Å²) >= 11 is 0. The highest BCUT2D eigenvalue weighted by Crippen LogP contribution is 2.10. The molecule has 3 N–H and O–H groups in total. The molecule has 6 nitrogen and oxygen atoms in total. The van der Waals surface area contributed by atoms with Crippen LogP contribution in [-0.2, 0) is 16.0 Å². The number of carbonyl (C=O) groups excluding carboxylic acids is 2. The summed E-state index contributed by atoms with van der Waals surface area (Å²) in [6.07, 6.45) is 2.16. The molecule has 1 aromatic carbocycles. The fourth-order valence-corrected chi connectivity index (χ4v) is 1.80. The predicted octanol–water partition coefficient (Wildman–Crippen LogP) is 2.54. The van der Waals surface area contributed by atoms with Crippen LogP contribution >= 0.6 is 0 Å². The lowest BCUT2D eigenvalue weighted by Gasteiger charge is -2.07. The van der Waals surface area contributed by atoms with Gasteiger partial charge in [-0.05, 0) is 30.5 Å². The smallest absolute Gasteiger partial charge is 0.325 e. The molecule has 114 valence electrons. The first-order chi connectivity index (χ1) is 10.0. The minimum atomic E-state index is -0.959. The first kappa shape index (κ1) is 16.7. The van der Waals surface area contributed by atoms with E-state index in [4.69, 9.17) is 5.11 Å². The predicted molar refractivity (Wildman–Crippen MR) is 79.1 cm³/mol. The Kier molecular flexibility index (Phi) is 6.94. The topological polar surface area (TPSA) is 95.5 Å². The Morgan fingerprint density at radius 3 is 2.33 bits per heavy atom. The van der Waals surface area contributed by atoms with Gasteiger partial charge in [-0.3, -0.25) is 14.9 Å². The van der Waals surface area contributed by atoms with Crippen molar-refractivity contribution < 1.29 is 19.5 Å². The molecule has 3 amide bonds. The number of imide groups is 1. The molecule has 0 saturated carbocycles. The lowest BCUT2D eigenvalue weighted by atomic mass is 10.1. The van der Waals surface area contributed by atoms with Gasteiger partial charge in [0.25, 0.3) is 0 Å². The van der Waals surface area contributed by atoms with Gasteiger partial charge in [-0.2, -0.15) is 0 Å². The lowest BCUT2D eigenvalue weighted by molar-refractivity contribution is -0.137. The monoisotopic (exact) mass is 292 g/mol. The molecule has 0 aliphatic heterocycles. The maximum absolute atomic E-state index is 11.6. The zero-order valence-corrected chi connectivity index (χ0v) is 12.0. The van der Waals surface area contributed by atoms with E-state index in [1.165, 1.54) is 5.56 Å². The third kappa shape index (κ3) is 7.10. The average molecular weight is 292 g/mol. The highest BCUT2D eigenvalue weighted by atomic mass is 16.4.